The molecule has 0 aliphatic carbocycles. The van der Waals surface area contributed by atoms with Gasteiger partial charge < -0.3 is 22.4 Å². The molecule has 4 nitrogen and oxygen atoms in total. The van der Waals surface area contributed by atoms with E-state index in [-0.39, 0.29) is 11.8 Å². The molecule has 0 aromatic rings. The van der Waals surface area contributed by atoms with Crippen molar-refractivity contribution >= 4 is 0 Å². The Morgan fingerprint density at radius 1 is 1.38 bits per heavy atom. The molecule has 7 N–H and O–H groups in total. The fraction of sp³-hybridized carbons (Fsp3) is 1.00. The highest BCUT2D eigenvalue weighted by atomic mass is 16.6. The fourth-order valence-corrected chi connectivity index (χ4v) is 0.421. The second kappa shape index (κ2) is 2.41. The van der Waals surface area contributed by atoms with E-state index in [1.165, 1.54) is 0 Å². The van der Waals surface area contributed by atoms with E-state index in [0.29, 0.717) is 13.1 Å². The zero-order valence-electron chi connectivity index (χ0n) is 4.89. The van der Waals surface area contributed by atoms with Crippen molar-refractivity contribution in [2.24, 2.45) is 11.5 Å². The lowest BCUT2D eigenvalue weighted by atomic mass is 10.2. The normalized spacial score (nSPS) is 21.8. The maximum Gasteiger partial charge on any atom is 0.116 e. The van der Waals surface area contributed by atoms with Crippen LogP contribution in [0.4, 0.5) is 0 Å². The van der Waals surface area contributed by atoms with Crippen LogP contribution in [0.25, 0.3) is 0 Å². The quantitative estimate of drug-likeness (QED) is 0.399. The molecule has 0 radical (unpaired) electrons. The van der Waals surface area contributed by atoms with Crippen molar-refractivity contribution in [2.75, 3.05) is 19.7 Å². The van der Waals surface area contributed by atoms with Crippen LogP contribution in [0.5, 0.6) is 0 Å². The molecule has 0 aromatic carbocycles. The molecule has 0 unspecified atom stereocenters. The van der Waals surface area contributed by atoms with Crippen molar-refractivity contribution < 1.29 is 4.74 Å². The van der Waals surface area contributed by atoms with Gasteiger partial charge in [0.25, 0.3) is 0 Å². The number of ether oxygens (including phenoxy) is 1. The molecule has 0 aromatic heterocycles. The van der Waals surface area contributed by atoms with Gasteiger partial charge in [0.05, 0.1) is 6.61 Å². The molecule has 8 heavy (non-hydrogen) atoms. The van der Waals surface area contributed by atoms with Crippen LogP contribution >= 0.6 is 0 Å². The van der Waals surface area contributed by atoms with Crippen LogP contribution in [0.15, 0.2) is 0 Å². The molecule has 0 spiro atoms. The lowest BCUT2D eigenvalue weighted by Gasteiger charge is -2.00. The Labute approximate surface area is 48.8 Å². The molecule has 1 fully saturated rings. The van der Waals surface area contributed by atoms with E-state index in [1.807, 2.05) is 0 Å². The number of hydrogen-bond acceptors (Lipinski definition) is 4. The third-order valence-electron chi connectivity index (χ3n) is 1.30. The monoisotopic (exact) mass is 119 g/mol. The van der Waals surface area contributed by atoms with Crippen molar-refractivity contribution in [1.29, 1.82) is 0 Å². The number of nitrogens with two attached hydrogens (primary N) is 2. The van der Waals surface area contributed by atoms with E-state index in [1.54, 1.807) is 0 Å². The Balaban J connectivity index is 0.000000490. The third-order valence-corrected chi connectivity index (χ3v) is 1.30. The third kappa shape index (κ3) is 1.16. The summed E-state index contributed by atoms with van der Waals surface area (Å²) >= 11 is 0. The van der Waals surface area contributed by atoms with Crippen LogP contribution in [0.3, 0.4) is 0 Å². The molecule has 1 heterocycles. The van der Waals surface area contributed by atoms with Gasteiger partial charge in [-0.15, -0.1) is 0 Å². The summed E-state index contributed by atoms with van der Waals surface area (Å²) in [5.41, 5.74) is 10.4. The van der Waals surface area contributed by atoms with Gasteiger partial charge in [-0.2, -0.15) is 0 Å². The Morgan fingerprint density at radius 2 is 1.75 bits per heavy atom. The van der Waals surface area contributed by atoms with Crippen LogP contribution in [0, 0.1) is 0 Å². The Kier molecular flexibility index (Phi) is 2.36. The highest BCUT2D eigenvalue weighted by Gasteiger charge is 2.41. The predicted octanol–water partition coefficient (Wildman–Crippen LogP) is -1.17. The number of epoxide rings is 1. The van der Waals surface area contributed by atoms with Gasteiger partial charge in [-0.3, -0.25) is 0 Å². The van der Waals surface area contributed by atoms with Crippen molar-refractivity contribution in [3.63, 3.8) is 0 Å². The highest BCUT2D eigenvalue weighted by molar-refractivity contribution is 4.93. The first-order valence-electron chi connectivity index (χ1n) is 2.37. The Bertz CT molecular complexity index is 65.7. The van der Waals surface area contributed by atoms with Gasteiger partial charge in [0.1, 0.15) is 5.60 Å². The van der Waals surface area contributed by atoms with Gasteiger partial charge in [0, 0.05) is 13.1 Å². The average molecular weight is 119 g/mol. The number of rotatable bonds is 2. The van der Waals surface area contributed by atoms with Crippen LogP contribution in [-0.4, -0.2) is 25.3 Å². The summed E-state index contributed by atoms with van der Waals surface area (Å²) in [7, 11) is 0. The standard InChI is InChI=1S/C4H10N2O.H3N/c5-1-4(2-6)3-7-4;/h1-3,5-6H2;1H3. The van der Waals surface area contributed by atoms with Crippen LogP contribution in [0.2, 0.25) is 0 Å². The van der Waals surface area contributed by atoms with Crippen molar-refractivity contribution in [2.45, 2.75) is 5.60 Å². The molecule has 1 aliphatic rings. The van der Waals surface area contributed by atoms with Gasteiger partial charge in [-0.25, -0.2) is 0 Å². The van der Waals surface area contributed by atoms with Crippen molar-refractivity contribution in [1.82, 2.24) is 6.15 Å². The SMILES string of the molecule is N.NCC1(CN)CO1. The minimum absolute atomic E-state index is 0. The summed E-state index contributed by atoms with van der Waals surface area (Å²) in [4.78, 5) is 0. The largest absolute Gasteiger partial charge is 0.367 e. The van der Waals surface area contributed by atoms with E-state index in [4.69, 9.17) is 16.2 Å². The Morgan fingerprint density at radius 3 is 1.75 bits per heavy atom. The zero-order chi connectivity index (χ0) is 5.33. The molecule has 1 aliphatic heterocycles. The smallest absolute Gasteiger partial charge is 0.116 e. The second-order valence-electron chi connectivity index (χ2n) is 1.88. The molecule has 0 saturated carbocycles. The zero-order valence-corrected chi connectivity index (χ0v) is 4.89. The van der Waals surface area contributed by atoms with Gasteiger partial charge in [-0.1, -0.05) is 0 Å². The number of hydrogen-bond donors (Lipinski definition) is 3. The maximum atomic E-state index is 5.27. The summed E-state index contributed by atoms with van der Waals surface area (Å²) in [5.74, 6) is 0. The molecule has 0 atom stereocenters. The summed E-state index contributed by atoms with van der Waals surface area (Å²) in [5, 5.41) is 0. The predicted molar refractivity (Wildman–Crippen MR) is 31.8 cm³/mol. The van der Waals surface area contributed by atoms with Crippen molar-refractivity contribution in [3.8, 4) is 0 Å². The van der Waals surface area contributed by atoms with Crippen LogP contribution in [0.1, 0.15) is 0 Å². The van der Waals surface area contributed by atoms with Crippen LogP contribution in [-0.2, 0) is 4.74 Å². The lowest BCUT2D eigenvalue weighted by Crippen LogP contribution is -2.32. The van der Waals surface area contributed by atoms with Gasteiger partial charge in [-0.05, 0) is 0 Å². The molecular formula is C4H13N3O. The Hall–Kier alpha value is -0.160. The van der Waals surface area contributed by atoms with Crippen LogP contribution < -0.4 is 17.6 Å². The van der Waals surface area contributed by atoms with Gasteiger partial charge in [0.15, 0.2) is 0 Å². The van der Waals surface area contributed by atoms with E-state index in [2.05, 4.69) is 0 Å². The first kappa shape index (κ1) is 7.84. The summed E-state index contributed by atoms with van der Waals surface area (Å²) in [6.07, 6.45) is 0. The minimum atomic E-state index is -0.111. The first-order valence-corrected chi connectivity index (χ1v) is 2.37. The molecule has 50 valence electrons. The van der Waals surface area contributed by atoms with Gasteiger partial charge >= 0.3 is 0 Å². The molecule has 1 saturated heterocycles. The average Bonchev–Trinajstić information content (AvgIpc) is 2.46. The van der Waals surface area contributed by atoms with Crippen molar-refractivity contribution in [3.05, 3.63) is 0 Å². The highest BCUT2D eigenvalue weighted by Crippen LogP contribution is 2.22. The van der Waals surface area contributed by atoms with Gasteiger partial charge in [0.2, 0.25) is 0 Å². The fourth-order valence-electron chi connectivity index (χ4n) is 0.421. The van der Waals surface area contributed by atoms with E-state index >= 15 is 0 Å². The molecule has 0 bridgehead atoms. The summed E-state index contributed by atoms with van der Waals surface area (Å²) < 4.78 is 4.94. The minimum Gasteiger partial charge on any atom is -0.367 e. The van der Waals surface area contributed by atoms with E-state index < -0.39 is 0 Å². The van der Waals surface area contributed by atoms with E-state index in [9.17, 15) is 0 Å². The topological polar surface area (TPSA) is 99.6 Å². The molecular weight excluding hydrogens is 106 g/mol. The lowest BCUT2D eigenvalue weighted by molar-refractivity contribution is 0.316. The molecule has 0 amide bonds. The molecule has 4 heteroatoms. The second-order valence-corrected chi connectivity index (χ2v) is 1.88. The van der Waals surface area contributed by atoms with E-state index in [0.717, 1.165) is 6.61 Å². The first-order chi connectivity index (χ1) is 3.33. The summed E-state index contributed by atoms with van der Waals surface area (Å²) in [6.45, 7) is 1.87. The molecule has 1 rings (SSSR count). The maximum absolute atomic E-state index is 5.27. The summed E-state index contributed by atoms with van der Waals surface area (Å²) in [6, 6.07) is 0.